The number of nitrogens with one attached hydrogen (secondary N) is 1. The zero-order chi connectivity index (χ0) is 21.8. The number of Topliss-reactive ketones (excluding diaryl/α,β-unsaturated/α-hetero) is 1. The lowest BCUT2D eigenvalue weighted by Crippen LogP contribution is -2.49. The van der Waals surface area contributed by atoms with Crippen LogP contribution in [0.5, 0.6) is 0 Å². The van der Waals surface area contributed by atoms with E-state index in [4.69, 9.17) is 4.42 Å². The number of para-hydroxylation sites is 1. The molecule has 2 aromatic carbocycles. The highest BCUT2D eigenvalue weighted by Crippen LogP contribution is 2.22. The molecule has 1 aromatic heterocycles. The molecule has 0 atom stereocenters. The minimum atomic E-state index is -0.399. The van der Waals surface area contributed by atoms with Crippen LogP contribution in [0.15, 0.2) is 71.3 Å². The van der Waals surface area contributed by atoms with Gasteiger partial charge < -0.3 is 19.5 Å². The van der Waals surface area contributed by atoms with Crippen LogP contribution in [0.3, 0.4) is 0 Å². The van der Waals surface area contributed by atoms with Crippen LogP contribution >= 0.6 is 0 Å². The summed E-state index contributed by atoms with van der Waals surface area (Å²) in [7, 11) is 0. The molecule has 0 unspecified atom stereocenters. The maximum absolute atomic E-state index is 13.1. The lowest BCUT2D eigenvalue weighted by atomic mass is 10.1. The first-order chi connectivity index (χ1) is 15.0. The SMILES string of the molecule is CC(=O)c1ccc(N2CCN(C(=O)c3ccccc3NC(=O)c3ccco3)CC2)cc1. The quantitative estimate of drug-likeness (QED) is 0.640. The van der Waals surface area contributed by atoms with Crippen LogP contribution in [0.25, 0.3) is 0 Å². The number of hydrogen-bond donors (Lipinski definition) is 1. The highest BCUT2D eigenvalue weighted by atomic mass is 16.3. The van der Waals surface area contributed by atoms with E-state index in [9.17, 15) is 14.4 Å². The van der Waals surface area contributed by atoms with E-state index in [1.807, 2.05) is 24.3 Å². The van der Waals surface area contributed by atoms with Crippen LogP contribution in [0.2, 0.25) is 0 Å². The first kappa shape index (κ1) is 20.4. The van der Waals surface area contributed by atoms with Crippen LogP contribution in [-0.4, -0.2) is 48.7 Å². The molecule has 1 N–H and O–H groups in total. The first-order valence-corrected chi connectivity index (χ1v) is 10.1. The summed E-state index contributed by atoms with van der Waals surface area (Å²) in [5, 5.41) is 2.76. The molecule has 2 amide bonds. The van der Waals surface area contributed by atoms with E-state index in [2.05, 4.69) is 10.2 Å². The maximum Gasteiger partial charge on any atom is 0.291 e. The monoisotopic (exact) mass is 417 g/mol. The van der Waals surface area contributed by atoms with Crippen LogP contribution in [0.4, 0.5) is 11.4 Å². The number of rotatable bonds is 5. The van der Waals surface area contributed by atoms with Crippen molar-refractivity contribution in [3.63, 3.8) is 0 Å². The molecule has 158 valence electrons. The van der Waals surface area contributed by atoms with Gasteiger partial charge in [-0.15, -0.1) is 0 Å². The molecule has 1 saturated heterocycles. The van der Waals surface area contributed by atoms with Gasteiger partial charge in [0, 0.05) is 37.4 Å². The second-order valence-electron chi connectivity index (χ2n) is 7.36. The van der Waals surface area contributed by atoms with Gasteiger partial charge in [0.2, 0.25) is 0 Å². The molecule has 7 nitrogen and oxygen atoms in total. The predicted molar refractivity (Wildman–Crippen MR) is 118 cm³/mol. The van der Waals surface area contributed by atoms with Gasteiger partial charge in [0.05, 0.1) is 17.5 Å². The molecule has 0 bridgehead atoms. The van der Waals surface area contributed by atoms with Crippen LogP contribution in [0, 0.1) is 0 Å². The molecular formula is C24H23N3O4. The van der Waals surface area contributed by atoms with Crippen molar-refractivity contribution in [1.82, 2.24) is 4.90 Å². The number of benzene rings is 2. The Morgan fingerprint density at radius 3 is 2.23 bits per heavy atom. The number of carbonyl (C=O) groups excluding carboxylic acids is 3. The molecule has 0 radical (unpaired) electrons. The summed E-state index contributed by atoms with van der Waals surface area (Å²) >= 11 is 0. The van der Waals surface area contributed by atoms with Crippen molar-refractivity contribution in [3.05, 3.63) is 83.8 Å². The first-order valence-electron chi connectivity index (χ1n) is 10.1. The zero-order valence-electron chi connectivity index (χ0n) is 17.2. The standard InChI is InChI=1S/C24H23N3O4/c1-17(28)18-8-10-19(11-9-18)26-12-14-27(15-13-26)24(30)20-5-2-3-6-21(20)25-23(29)22-7-4-16-31-22/h2-11,16H,12-15H2,1H3,(H,25,29). The summed E-state index contributed by atoms with van der Waals surface area (Å²) in [6, 6.07) is 17.7. The van der Waals surface area contributed by atoms with Gasteiger partial charge in [0.1, 0.15) is 0 Å². The molecule has 3 aromatic rings. The van der Waals surface area contributed by atoms with E-state index in [-0.39, 0.29) is 17.5 Å². The number of ketones is 1. The Balaban J connectivity index is 1.42. The van der Waals surface area contributed by atoms with Crippen LogP contribution in [0.1, 0.15) is 38.2 Å². The second kappa shape index (κ2) is 8.87. The molecule has 7 heteroatoms. The lowest BCUT2D eigenvalue weighted by Gasteiger charge is -2.36. The zero-order valence-corrected chi connectivity index (χ0v) is 17.2. The molecular weight excluding hydrogens is 394 g/mol. The third-order valence-corrected chi connectivity index (χ3v) is 5.36. The Labute approximate surface area is 180 Å². The molecule has 1 aliphatic rings. The average Bonchev–Trinajstić information content (AvgIpc) is 3.34. The molecule has 2 heterocycles. The van der Waals surface area contributed by atoms with Crippen molar-refractivity contribution >= 4 is 29.0 Å². The van der Waals surface area contributed by atoms with E-state index < -0.39 is 5.91 Å². The molecule has 31 heavy (non-hydrogen) atoms. The number of carbonyl (C=O) groups is 3. The third kappa shape index (κ3) is 4.50. The number of amides is 2. The van der Waals surface area contributed by atoms with Crippen LogP contribution < -0.4 is 10.2 Å². The topological polar surface area (TPSA) is 82.9 Å². The fourth-order valence-electron chi connectivity index (χ4n) is 3.62. The predicted octanol–water partition coefficient (Wildman–Crippen LogP) is 3.70. The normalized spacial score (nSPS) is 13.7. The number of piperazine rings is 1. The Kier molecular flexibility index (Phi) is 5.84. The fourth-order valence-corrected chi connectivity index (χ4v) is 3.62. The van der Waals surface area contributed by atoms with E-state index in [0.29, 0.717) is 43.0 Å². The summed E-state index contributed by atoms with van der Waals surface area (Å²) in [6.07, 6.45) is 1.43. The fraction of sp³-hybridized carbons (Fsp3) is 0.208. The highest BCUT2D eigenvalue weighted by molar-refractivity contribution is 6.07. The molecule has 0 saturated carbocycles. The molecule has 0 spiro atoms. The minimum absolute atomic E-state index is 0.0415. The summed E-state index contributed by atoms with van der Waals surface area (Å²) in [4.78, 5) is 40.9. The summed E-state index contributed by atoms with van der Waals surface area (Å²) in [5.41, 5.74) is 2.62. The molecule has 0 aliphatic carbocycles. The van der Waals surface area contributed by atoms with E-state index in [1.54, 1.807) is 48.2 Å². The van der Waals surface area contributed by atoms with Gasteiger partial charge in [-0.05, 0) is 55.5 Å². The lowest BCUT2D eigenvalue weighted by molar-refractivity contribution is 0.0747. The van der Waals surface area contributed by atoms with E-state index >= 15 is 0 Å². The average molecular weight is 417 g/mol. The van der Waals surface area contributed by atoms with Gasteiger partial charge in [-0.3, -0.25) is 14.4 Å². The van der Waals surface area contributed by atoms with E-state index in [1.165, 1.54) is 6.26 Å². The maximum atomic E-state index is 13.1. The van der Waals surface area contributed by atoms with Crippen molar-refractivity contribution in [2.45, 2.75) is 6.92 Å². The Hall–Kier alpha value is -3.87. The van der Waals surface area contributed by atoms with Crippen molar-refractivity contribution in [2.24, 2.45) is 0 Å². The summed E-state index contributed by atoms with van der Waals surface area (Å²) in [6.45, 7) is 4.05. The van der Waals surface area contributed by atoms with Gasteiger partial charge in [0.15, 0.2) is 11.5 Å². The van der Waals surface area contributed by atoms with Gasteiger partial charge in [-0.2, -0.15) is 0 Å². The van der Waals surface area contributed by atoms with Crippen molar-refractivity contribution in [2.75, 3.05) is 36.4 Å². The van der Waals surface area contributed by atoms with Gasteiger partial charge in [0.25, 0.3) is 11.8 Å². The highest BCUT2D eigenvalue weighted by Gasteiger charge is 2.24. The third-order valence-electron chi connectivity index (χ3n) is 5.36. The van der Waals surface area contributed by atoms with Crippen molar-refractivity contribution < 1.29 is 18.8 Å². The van der Waals surface area contributed by atoms with Gasteiger partial charge in [-0.1, -0.05) is 12.1 Å². The smallest absolute Gasteiger partial charge is 0.291 e. The Bertz CT molecular complexity index is 1080. The van der Waals surface area contributed by atoms with Crippen molar-refractivity contribution in [1.29, 1.82) is 0 Å². The summed E-state index contributed by atoms with van der Waals surface area (Å²) in [5.74, 6) is -0.294. The second-order valence-corrected chi connectivity index (χ2v) is 7.36. The summed E-state index contributed by atoms with van der Waals surface area (Å²) < 4.78 is 5.13. The molecule has 1 fully saturated rings. The number of hydrogen-bond acceptors (Lipinski definition) is 5. The number of furan rings is 1. The van der Waals surface area contributed by atoms with Gasteiger partial charge >= 0.3 is 0 Å². The largest absolute Gasteiger partial charge is 0.459 e. The minimum Gasteiger partial charge on any atom is -0.459 e. The van der Waals surface area contributed by atoms with Gasteiger partial charge in [-0.25, -0.2) is 0 Å². The number of anilines is 2. The van der Waals surface area contributed by atoms with Crippen molar-refractivity contribution in [3.8, 4) is 0 Å². The Morgan fingerprint density at radius 1 is 0.871 bits per heavy atom. The van der Waals surface area contributed by atoms with Crippen LogP contribution in [-0.2, 0) is 0 Å². The molecule has 1 aliphatic heterocycles. The molecule has 4 rings (SSSR count). The Morgan fingerprint density at radius 2 is 1.58 bits per heavy atom. The van der Waals surface area contributed by atoms with E-state index in [0.717, 1.165) is 5.69 Å². The number of nitrogens with zero attached hydrogens (tertiary/aromatic N) is 2.